The fourth-order valence-corrected chi connectivity index (χ4v) is 1.58. The van der Waals surface area contributed by atoms with E-state index in [-0.39, 0.29) is 0 Å². The minimum atomic E-state index is 0.824. The number of aromatic nitrogens is 2. The maximum absolute atomic E-state index is 10.6. The van der Waals surface area contributed by atoms with Gasteiger partial charge < -0.3 is 5.21 Å². The highest BCUT2D eigenvalue weighted by molar-refractivity contribution is 5.14. The lowest BCUT2D eigenvalue weighted by Gasteiger charge is -1.96. The molecule has 0 spiro atoms. The van der Waals surface area contributed by atoms with Crippen molar-refractivity contribution in [2.45, 2.75) is 27.7 Å². The summed E-state index contributed by atoms with van der Waals surface area (Å²) in [5.74, 6) is 0. The summed E-state index contributed by atoms with van der Waals surface area (Å²) in [4.78, 5) is 3.98. The summed E-state index contributed by atoms with van der Waals surface area (Å²) < 4.78 is 0.824. The van der Waals surface area contributed by atoms with Crippen LogP contribution in [0.5, 0.6) is 0 Å². The maximum atomic E-state index is 10.6. The van der Waals surface area contributed by atoms with Gasteiger partial charge in [-0.15, -0.1) is 0 Å². The first-order chi connectivity index (χ1) is 7.97. The molecule has 0 saturated heterocycles. The van der Waals surface area contributed by atoms with E-state index in [1.807, 2.05) is 46.2 Å². The zero-order valence-corrected chi connectivity index (χ0v) is 10.8. The van der Waals surface area contributed by atoms with Gasteiger partial charge in [-0.05, 0) is 44.9 Å². The third-order valence-corrected chi connectivity index (χ3v) is 2.13. The van der Waals surface area contributed by atoms with E-state index in [0.29, 0.717) is 0 Å². The van der Waals surface area contributed by atoms with Crippen molar-refractivity contribution in [3.8, 4) is 0 Å². The Labute approximate surface area is 102 Å². The van der Waals surface area contributed by atoms with Crippen molar-refractivity contribution in [3.63, 3.8) is 0 Å². The van der Waals surface area contributed by atoms with Crippen molar-refractivity contribution in [1.29, 1.82) is 0 Å². The fourth-order valence-electron chi connectivity index (χ4n) is 1.58. The lowest BCUT2D eigenvalue weighted by Crippen LogP contribution is -2.25. The zero-order valence-electron chi connectivity index (χ0n) is 10.8. The van der Waals surface area contributed by atoms with E-state index < -0.39 is 0 Å². The molecule has 0 aromatic carbocycles. The van der Waals surface area contributed by atoms with Gasteiger partial charge in [0.05, 0.1) is 0 Å². The van der Waals surface area contributed by atoms with E-state index in [2.05, 4.69) is 11.1 Å². The predicted octanol–water partition coefficient (Wildman–Crippen LogP) is 2.64. The molecule has 0 aliphatic rings. The van der Waals surface area contributed by atoms with Crippen molar-refractivity contribution < 1.29 is 4.73 Å². The standard InChI is InChI=1S/C7H9NO.C7H9N/c1-6-3-7(2)5-8(9)4-6;1-6-3-7(2)5-8-4-6/h3-5H,1-2H3;3-5H,1-2H3. The van der Waals surface area contributed by atoms with Crippen molar-refractivity contribution in [2.24, 2.45) is 0 Å². The van der Waals surface area contributed by atoms with Gasteiger partial charge in [0.1, 0.15) is 0 Å². The molecule has 90 valence electrons. The van der Waals surface area contributed by atoms with Crippen LogP contribution in [0.15, 0.2) is 36.9 Å². The topological polar surface area (TPSA) is 39.8 Å². The monoisotopic (exact) mass is 230 g/mol. The summed E-state index contributed by atoms with van der Waals surface area (Å²) in [7, 11) is 0. The number of hydrogen-bond donors (Lipinski definition) is 0. The van der Waals surface area contributed by atoms with Crippen LogP contribution in [0, 0.1) is 32.9 Å². The van der Waals surface area contributed by atoms with Gasteiger partial charge in [-0.2, -0.15) is 4.73 Å². The van der Waals surface area contributed by atoms with Crippen LogP contribution < -0.4 is 4.73 Å². The molecule has 0 N–H and O–H groups in total. The van der Waals surface area contributed by atoms with E-state index in [1.54, 1.807) is 12.4 Å². The van der Waals surface area contributed by atoms with E-state index in [9.17, 15) is 5.21 Å². The zero-order chi connectivity index (χ0) is 12.8. The number of hydrogen-bond acceptors (Lipinski definition) is 2. The van der Waals surface area contributed by atoms with Crippen LogP contribution in [0.2, 0.25) is 0 Å². The molecule has 0 atom stereocenters. The minimum Gasteiger partial charge on any atom is -0.619 e. The van der Waals surface area contributed by atoms with Gasteiger partial charge in [-0.1, -0.05) is 6.07 Å². The summed E-state index contributed by atoms with van der Waals surface area (Å²) in [6.45, 7) is 7.89. The molecule has 2 rings (SSSR count). The molecule has 2 aromatic heterocycles. The molecule has 0 bridgehead atoms. The average molecular weight is 230 g/mol. The first kappa shape index (κ1) is 13.2. The molecule has 0 amide bonds. The highest BCUT2D eigenvalue weighted by atomic mass is 16.5. The van der Waals surface area contributed by atoms with Crippen LogP contribution in [0.3, 0.4) is 0 Å². The summed E-state index contributed by atoms with van der Waals surface area (Å²) in [5.41, 5.74) is 4.46. The van der Waals surface area contributed by atoms with Crippen LogP contribution in [0.1, 0.15) is 22.3 Å². The Morgan fingerprint density at radius 2 is 1.24 bits per heavy atom. The van der Waals surface area contributed by atoms with E-state index in [1.165, 1.54) is 11.1 Å². The predicted molar refractivity (Wildman–Crippen MR) is 68.6 cm³/mol. The molecule has 0 unspecified atom stereocenters. The smallest absolute Gasteiger partial charge is 0.183 e. The van der Waals surface area contributed by atoms with E-state index >= 15 is 0 Å². The molecule has 0 aliphatic heterocycles. The van der Waals surface area contributed by atoms with Crippen LogP contribution in [-0.4, -0.2) is 4.98 Å². The van der Waals surface area contributed by atoms with Crippen molar-refractivity contribution in [2.75, 3.05) is 0 Å². The van der Waals surface area contributed by atoms with E-state index in [0.717, 1.165) is 15.9 Å². The van der Waals surface area contributed by atoms with Gasteiger partial charge in [-0.3, -0.25) is 4.98 Å². The number of nitrogens with zero attached hydrogens (tertiary/aromatic N) is 2. The molecule has 0 aliphatic carbocycles. The molecule has 0 radical (unpaired) electrons. The highest BCUT2D eigenvalue weighted by Gasteiger charge is 1.92. The Kier molecular flexibility index (Phi) is 4.64. The Morgan fingerprint density at radius 3 is 1.53 bits per heavy atom. The molecule has 3 heteroatoms. The van der Waals surface area contributed by atoms with Gasteiger partial charge in [-0.25, -0.2) is 0 Å². The lowest BCUT2D eigenvalue weighted by molar-refractivity contribution is -0.606. The van der Waals surface area contributed by atoms with E-state index in [4.69, 9.17) is 0 Å². The third kappa shape index (κ3) is 5.11. The Hall–Kier alpha value is -1.90. The third-order valence-electron chi connectivity index (χ3n) is 2.13. The van der Waals surface area contributed by atoms with Crippen molar-refractivity contribution in [3.05, 3.63) is 64.4 Å². The van der Waals surface area contributed by atoms with Crippen LogP contribution in [0.25, 0.3) is 0 Å². The Balaban J connectivity index is 0.000000171. The normalized spacial score (nSPS) is 9.41. The van der Waals surface area contributed by atoms with Crippen LogP contribution >= 0.6 is 0 Å². The van der Waals surface area contributed by atoms with Crippen molar-refractivity contribution in [1.82, 2.24) is 4.98 Å². The molecular weight excluding hydrogens is 212 g/mol. The van der Waals surface area contributed by atoms with Gasteiger partial charge in [0.15, 0.2) is 12.4 Å². The van der Waals surface area contributed by atoms with Crippen molar-refractivity contribution >= 4 is 0 Å². The number of rotatable bonds is 0. The second-order valence-corrected chi connectivity index (χ2v) is 4.29. The molecular formula is C14H18N2O. The van der Waals surface area contributed by atoms with Gasteiger partial charge in [0.25, 0.3) is 0 Å². The number of pyridine rings is 2. The summed E-state index contributed by atoms with van der Waals surface area (Å²) in [5, 5.41) is 10.6. The quantitative estimate of drug-likeness (QED) is 0.515. The number of aryl methyl sites for hydroxylation is 4. The molecule has 0 saturated carbocycles. The van der Waals surface area contributed by atoms with Gasteiger partial charge in [0, 0.05) is 23.5 Å². The Morgan fingerprint density at radius 1 is 0.824 bits per heavy atom. The molecule has 3 nitrogen and oxygen atoms in total. The minimum absolute atomic E-state index is 0.824. The average Bonchev–Trinajstić information content (AvgIpc) is 2.15. The molecule has 0 fully saturated rings. The SMILES string of the molecule is Cc1cc(C)c[n+]([O-])c1.Cc1cncc(C)c1. The maximum Gasteiger partial charge on any atom is 0.183 e. The van der Waals surface area contributed by atoms with Gasteiger partial charge >= 0.3 is 0 Å². The first-order valence-corrected chi connectivity index (χ1v) is 5.52. The Bertz CT molecular complexity index is 428. The second-order valence-electron chi connectivity index (χ2n) is 4.29. The highest BCUT2D eigenvalue weighted by Crippen LogP contribution is 1.97. The molecule has 17 heavy (non-hydrogen) atoms. The fraction of sp³-hybridized carbons (Fsp3) is 0.286. The summed E-state index contributed by atoms with van der Waals surface area (Å²) in [6.07, 6.45) is 6.81. The summed E-state index contributed by atoms with van der Waals surface area (Å²) in [6, 6.07) is 4.07. The van der Waals surface area contributed by atoms with Crippen LogP contribution in [-0.2, 0) is 0 Å². The molecule has 2 heterocycles. The van der Waals surface area contributed by atoms with Gasteiger partial charge in [0.2, 0.25) is 0 Å². The molecule has 2 aromatic rings. The largest absolute Gasteiger partial charge is 0.619 e. The summed E-state index contributed by atoms with van der Waals surface area (Å²) >= 11 is 0. The van der Waals surface area contributed by atoms with Crippen LogP contribution in [0.4, 0.5) is 0 Å². The first-order valence-electron chi connectivity index (χ1n) is 5.52. The lowest BCUT2D eigenvalue weighted by atomic mass is 10.2. The second kappa shape index (κ2) is 5.99.